The van der Waals surface area contributed by atoms with Gasteiger partial charge in [-0.2, -0.15) is 0 Å². The van der Waals surface area contributed by atoms with Crippen molar-refractivity contribution in [3.8, 4) is 11.5 Å². The third-order valence-corrected chi connectivity index (χ3v) is 4.49. The molecule has 1 aromatic heterocycles. The van der Waals surface area contributed by atoms with E-state index in [4.69, 9.17) is 14.0 Å². The molecule has 3 aromatic rings. The quantitative estimate of drug-likeness (QED) is 0.405. The highest BCUT2D eigenvalue weighted by atomic mass is 16.5. The molecule has 0 spiro atoms. The van der Waals surface area contributed by atoms with E-state index < -0.39 is 5.97 Å². The van der Waals surface area contributed by atoms with Crippen molar-refractivity contribution in [2.75, 3.05) is 11.9 Å². The Balaban J connectivity index is 1.57. The van der Waals surface area contributed by atoms with Gasteiger partial charge in [0.05, 0.1) is 16.8 Å². The molecule has 2 amide bonds. The van der Waals surface area contributed by atoms with Gasteiger partial charge in [-0.1, -0.05) is 18.1 Å². The molecule has 0 aliphatic heterocycles. The van der Waals surface area contributed by atoms with E-state index in [1.807, 2.05) is 20.8 Å². The molecule has 3 rings (SSSR count). The Kier molecular flexibility index (Phi) is 7.26. The molecule has 0 saturated heterocycles. The topological polar surface area (TPSA) is 103 Å². The molecule has 0 fully saturated rings. The van der Waals surface area contributed by atoms with Crippen LogP contribution < -0.4 is 20.1 Å². The SMILES string of the molecule is CCCNC(=O)Nc1cccc(OC(=O)c2ccc(OCc3c(C)noc3C)cc2)c1. The zero-order valence-corrected chi connectivity index (χ0v) is 17.7. The van der Waals surface area contributed by atoms with E-state index in [9.17, 15) is 9.59 Å². The van der Waals surface area contributed by atoms with Crippen LogP contribution in [0.5, 0.6) is 11.5 Å². The van der Waals surface area contributed by atoms with E-state index in [0.29, 0.717) is 35.9 Å². The van der Waals surface area contributed by atoms with E-state index in [2.05, 4.69) is 15.8 Å². The standard InChI is InChI=1S/C23H25N3O5/c1-4-12-24-23(28)25-18-6-5-7-20(13-18)30-22(27)17-8-10-19(11-9-17)29-14-21-15(2)26-31-16(21)3/h5-11,13H,4,12,14H2,1-3H3,(H2,24,25,28). The summed E-state index contributed by atoms with van der Waals surface area (Å²) in [6.45, 7) is 6.57. The molecule has 0 radical (unpaired) electrons. The van der Waals surface area contributed by atoms with Gasteiger partial charge in [0.25, 0.3) is 0 Å². The lowest BCUT2D eigenvalue weighted by molar-refractivity contribution is 0.0735. The molecule has 0 saturated carbocycles. The van der Waals surface area contributed by atoms with Crippen LogP contribution in [0.25, 0.3) is 0 Å². The smallest absolute Gasteiger partial charge is 0.343 e. The van der Waals surface area contributed by atoms with Crippen molar-refractivity contribution in [3.05, 3.63) is 71.1 Å². The number of esters is 1. The molecule has 2 aromatic carbocycles. The van der Waals surface area contributed by atoms with Gasteiger partial charge in [0.15, 0.2) is 0 Å². The van der Waals surface area contributed by atoms with E-state index in [-0.39, 0.29) is 6.03 Å². The molecule has 0 bridgehead atoms. The van der Waals surface area contributed by atoms with Crippen molar-refractivity contribution in [2.24, 2.45) is 0 Å². The normalized spacial score (nSPS) is 10.4. The van der Waals surface area contributed by atoms with Crippen molar-refractivity contribution in [1.82, 2.24) is 10.5 Å². The Labute approximate surface area is 180 Å². The second-order valence-electron chi connectivity index (χ2n) is 6.91. The van der Waals surface area contributed by atoms with Gasteiger partial charge >= 0.3 is 12.0 Å². The van der Waals surface area contributed by atoms with Crippen LogP contribution in [0.2, 0.25) is 0 Å². The number of nitrogens with zero attached hydrogens (tertiary/aromatic N) is 1. The summed E-state index contributed by atoms with van der Waals surface area (Å²) in [7, 11) is 0. The summed E-state index contributed by atoms with van der Waals surface area (Å²) in [5.41, 5.74) is 2.60. The zero-order chi connectivity index (χ0) is 22.2. The summed E-state index contributed by atoms with van der Waals surface area (Å²) >= 11 is 0. The van der Waals surface area contributed by atoms with Gasteiger partial charge in [-0.05, 0) is 56.7 Å². The molecule has 31 heavy (non-hydrogen) atoms. The van der Waals surface area contributed by atoms with E-state index in [1.54, 1.807) is 48.5 Å². The summed E-state index contributed by atoms with van der Waals surface area (Å²) in [4.78, 5) is 24.2. The number of hydrogen-bond acceptors (Lipinski definition) is 6. The highest BCUT2D eigenvalue weighted by molar-refractivity contribution is 5.92. The van der Waals surface area contributed by atoms with Crippen LogP contribution in [-0.4, -0.2) is 23.7 Å². The van der Waals surface area contributed by atoms with Crippen molar-refractivity contribution >= 4 is 17.7 Å². The van der Waals surface area contributed by atoms with Gasteiger partial charge in [0, 0.05) is 18.3 Å². The Morgan fingerprint density at radius 3 is 2.52 bits per heavy atom. The number of aryl methyl sites for hydroxylation is 2. The molecule has 0 atom stereocenters. The minimum absolute atomic E-state index is 0.308. The highest BCUT2D eigenvalue weighted by Crippen LogP contribution is 2.21. The number of ether oxygens (including phenoxy) is 2. The minimum Gasteiger partial charge on any atom is -0.489 e. The van der Waals surface area contributed by atoms with Gasteiger partial charge < -0.3 is 24.6 Å². The Bertz CT molecular complexity index is 1020. The zero-order valence-electron chi connectivity index (χ0n) is 17.7. The number of urea groups is 1. The lowest BCUT2D eigenvalue weighted by Gasteiger charge is -2.09. The molecule has 8 heteroatoms. The summed E-state index contributed by atoms with van der Waals surface area (Å²) in [6.07, 6.45) is 0.842. The summed E-state index contributed by atoms with van der Waals surface area (Å²) in [6, 6.07) is 13.0. The number of amides is 2. The maximum Gasteiger partial charge on any atom is 0.343 e. The van der Waals surface area contributed by atoms with Crippen LogP contribution in [0, 0.1) is 13.8 Å². The van der Waals surface area contributed by atoms with Crippen molar-refractivity contribution in [1.29, 1.82) is 0 Å². The van der Waals surface area contributed by atoms with Crippen LogP contribution >= 0.6 is 0 Å². The number of aromatic nitrogens is 1. The van der Waals surface area contributed by atoms with Gasteiger partial charge in [-0.15, -0.1) is 0 Å². The van der Waals surface area contributed by atoms with Gasteiger partial charge in [-0.25, -0.2) is 9.59 Å². The number of anilines is 1. The Morgan fingerprint density at radius 2 is 1.84 bits per heavy atom. The molecule has 2 N–H and O–H groups in total. The van der Waals surface area contributed by atoms with Crippen LogP contribution in [0.15, 0.2) is 53.1 Å². The van der Waals surface area contributed by atoms with Crippen molar-refractivity contribution in [3.63, 3.8) is 0 Å². The molecule has 1 heterocycles. The molecular weight excluding hydrogens is 398 g/mol. The summed E-state index contributed by atoms with van der Waals surface area (Å²) in [5.74, 6) is 1.15. The number of rotatable bonds is 8. The lowest BCUT2D eigenvalue weighted by atomic mass is 10.2. The highest BCUT2D eigenvalue weighted by Gasteiger charge is 2.12. The third kappa shape index (κ3) is 6.08. The van der Waals surface area contributed by atoms with Gasteiger partial charge in [0.2, 0.25) is 0 Å². The number of nitrogens with one attached hydrogen (secondary N) is 2. The molecular formula is C23H25N3O5. The average Bonchev–Trinajstić information content (AvgIpc) is 3.08. The lowest BCUT2D eigenvalue weighted by Crippen LogP contribution is -2.29. The number of hydrogen-bond donors (Lipinski definition) is 2. The van der Waals surface area contributed by atoms with Crippen molar-refractivity contribution in [2.45, 2.75) is 33.8 Å². The number of carbonyl (C=O) groups excluding carboxylic acids is 2. The fourth-order valence-electron chi connectivity index (χ4n) is 2.77. The average molecular weight is 423 g/mol. The molecule has 8 nitrogen and oxygen atoms in total. The first kappa shape index (κ1) is 21.9. The van der Waals surface area contributed by atoms with Crippen molar-refractivity contribution < 1.29 is 23.6 Å². The molecule has 162 valence electrons. The number of benzene rings is 2. The summed E-state index contributed by atoms with van der Waals surface area (Å²) < 4.78 is 16.3. The largest absolute Gasteiger partial charge is 0.489 e. The Hall–Kier alpha value is -3.81. The second kappa shape index (κ2) is 10.3. The van der Waals surface area contributed by atoms with Gasteiger partial charge in [0.1, 0.15) is 23.9 Å². The van der Waals surface area contributed by atoms with E-state index in [1.165, 1.54) is 0 Å². The third-order valence-electron chi connectivity index (χ3n) is 4.49. The maximum absolute atomic E-state index is 12.5. The predicted octanol–water partition coefficient (Wildman–Crippen LogP) is 4.62. The summed E-state index contributed by atoms with van der Waals surface area (Å²) in [5, 5.41) is 9.32. The van der Waals surface area contributed by atoms with E-state index in [0.717, 1.165) is 23.4 Å². The molecule has 0 aliphatic carbocycles. The molecule has 0 aliphatic rings. The fraction of sp³-hybridized carbons (Fsp3) is 0.261. The van der Waals surface area contributed by atoms with Crippen LogP contribution in [0.1, 0.15) is 40.7 Å². The van der Waals surface area contributed by atoms with Crippen LogP contribution in [-0.2, 0) is 6.61 Å². The first-order valence-electron chi connectivity index (χ1n) is 9.98. The number of carbonyl (C=O) groups is 2. The van der Waals surface area contributed by atoms with E-state index >= 15 is 0 Å². The Morgan fingerprint density at radius 1 is 1.06 bits per heavy atom. The fourth-order valence-corrected chi connectivity index (χ4v) is 2.77. The second-order valence-corrected chi connectivity index (χ2v) is 6.91. The maximum atomic E-state index is 12.5. The first-order valence-corrected chi connectivity index (χ1v) is 9.98. The first-order chi connectivity index (χ1) is 15.0. The van der Waals surface area contributed by atoms with Crippen LogP contribution in [0.4, 0.5) is 10.5 Å². The van der Waals surface area contributed by atoms with Crippen LogP contribution in [0.3, 0.4) is 0 Å². The monoisotopic (exact) mass is 423 g/mol. The predicted molar refractivity (Wildman–Crippen MR) is 115 cm³/mol. The minimum atomic E-state index is -0.509. The van der Waals surface area contributed by atoms with Gasteiger partial charge in [-0.3, -0.25) is 0 Å². The molecule has 0 unspecified atom stereocenters.